The Labute approximate surface area is 81.9 Å². The minimum absolute atomic E-state index is 0.145. The Morgan fingerprint density at radius 1 is 1.36 bits per heavy atom. The third-order valence-corrected chi connectivity index (χ3v) is 2.33. The molecule has 6 nitrogen and oxygen atoms in total. The van der Waals surface area contributed by atoms with E-state index in [0.29, 0.717) is 13.0 Å². The van der Waals surface area contributed by atoms with E-state index < -0.39 is 17.6 Å². The number of amides is 1. The molecule has 80 valence electrons. The van der Waals surface area contributed by atoms with Gasteiger partial charge in [-0.2, -0.15) is 0 Å². The van der Waals surface area contributed by atoms with Crippen LogP contribution in [0.4, 0.5) is 4.79 Å². The molecule has 1 atom stereocenters. The maximum absolute atomic E-state index is 11.3. The molecule has 0 aromatic rings. The monoisotopic (exact) mass is 202 g/mol. The maximum atomic E-state index is 11.3. The van der Waals surface area contributed by atoms with E-state index in [2.05, 4.69) is 9.47 Å². The standard InChI is InChI=1S/C8H14N2O4/c1-13-6(11)8(9)3-4-10(5-8)7(12)14-2/h3-5,9H2,1-2H3. The summed E-state index contributed by atoms with van der Waals surface area (Å²) in [7, 11) is 2.56. The van der Waals surface area contributed by atoms with Crippen LogP contribution in [0.2, 0.25) is 0 Å². The first-order chi connectivity index (χ1) is 6.53. The lowest BCUT2D eigenvalue weighted by molar-refractivity contribution is -0.146. The molecule has 1 aliphatic heterocycles. The molecule has 1 fully saturated rings. The van der Waals surface area contributed by atoms with Gasteiger partial charge in [-0.25, -0.2) is 9.59 Å². The van der Waals surface area contributed by atoms with Crippen LogP contribution in [0.5, 0.6) is 0 Å². The number of esters is 1. The van der Waals surface area contributed by atoms with E-state index in [1.807, 2.05) is 0 Å². The molecule has 2 N–H and O–H groups in total. The van der Waals surface area contributed by atoms with Crippen molar-refractivity contribution < 1.29 is 19.1 Å². The molecule has 0 saturated carbocycles. The fourth-order valence-corrected chi connectivity index (χ4v) is 1.49. The zero-order valence-corrected chi connectivity index (χ0v) is 8.28. The number of hydrogen-bond acceptors (Lipinski definition) is 5. The van der Waals surface area contributed by atoms with Crippen LogP contribution in [0.15, 0.2) is 0 Å². The number of rotatable bonds is 1. The number of ether oxygens (including phenoxy) is 2. The molecule has 0 spiro atoms. The van der Waals surface area contributed by atoms with Crippen LogP contribution in [0.1, 0.15) is 6.42 Å². The van der Waals surface area contributed by atoms with Gasteiger partial charge in [0.1, 0.15) is 5.54 Å². The summed E-state index contributed by atoms with van der Waals surface area (Å²) in [6.07, 6.45) is -0.0735. The van der Waals surface area contributed by atoms with E-state index in [1.165, 1.54) is 19.1 Å². The highest BCUT2D eigenvalue weighted by atomic mass is 16.5. The van der Waals surface area contributed by atoms with Crippen LogP contribution in [-0.2, 0) is 14.3 Å². The molecular weight excluding hydrogens is 188 g/mol. The highest BCUT2D eigenvalue weighted by Gasteiger charge is 2.44. The molecule has 0 radical (unpaired) electrons. The van der Waals surface area contributed by atoms with E-state index >= 15 is 0 Å². The van der Waals surface area contributed by atoms with E-state index in [0.717, 1.165) is 0 Å². The van der Waals surface area contributed by atoms with Crippen molar-refractivity contribution in [2.24, 2.45) is 5.73 Å². The third kappa shape index (κ3) is 1.79. The molecule has 1 rings (SSSR count). The summed E-state index contributed by atoms with van der Waals surface area (Å²) in [6, 6.07) is 0. The topological polar surface area (TPSA) is 81.9 Å². The van der Waals surface area contributed by atoms with Gasteiger partial charge in [-0.15, -0.1) is 0 Å². The Kier molecular flexibility index (Phi) is 2.95. The molecule has 0 bridgehead atoms. The largest absolute Gasteiger partial charge is 0.468 e. The van der Waals surface area contributed by atoms with E-state index in [1.54, 1.807) is 0 Å². The first-order valence-electron chi connectivity index (χ1n) is 4.23. The average Bonchev–Trinajstić information content (AvgIpc) is 2.60. The van der Waals surface area contributed by atoms with Crippen LogP contribution in [0, 0.1) is 0 Å². The third-order valence-electron chi connectivity index (χ3n) is 2.33. The van der Waals surface area contributed by atoms with Gasteiger partial charge in [0.15, 0.2) is 0 Å². The zero-order chi connectivity index (χ0) is 10.8. The molecule has 0 aliphatic carbocycles. The van der Waals surface area contributed by atoms with Gasteiger partial charge in [-0.3, -0.25) is 0 Å². The fourth-order valence-electron chi connectivity index (χ4n) is 1.49. The summed E-state index contributed by atoms with van der Waals surface area (Å²) in [5, 5.41) is 0. The van der Waals surface area contributed by atoms with Gasteiger partial charge in [0.05, 0.1) is 20.8 Å². The van der Waals surface area contributed by atoms with Crippen LogP contribution < -0.4 is 5.73 Å². The normalized spacial score (nSPS) is 26.1. The Bertz CT molecular complexity index is 256. The molecule has 1 heterocycles. The molecule has 6 heteroatoms. The molecule has 0 aromatic heterocycles. The molecule has 1 aliphatic rings. The summed E-state index contributed by atoms with van der Waals surface area (Å²) in [6.45, 7) is 0.560. The van der Waals surface area contributed by atoms with Crippen molar-refractivity contribution in [3.05, 3.63) is 0 Å². The molecular formula is C8H14N2O4. The van der Waals surface area contributed by atoms with E-state index in [-0.39, 0.29) is 6.54 Å². The lowest BCUT2D eigenvalue weighted by Crippen LogP contribution is -2.51. The van der Waals surface area contributed by atoms with Gasteiger partial charge in [-0.1, -0.05) is 0 Å². The lowest BCUT2D eigenvalue weighted by Gasteiger charge is -2.20. The van der Waals surface area contributed by atoms with Gasteiger partial charge in [0, 0.05) is 6.54 Å². The molecule has 0 aromatic carbocycles. The SMILES string of the molecule is COC(=O)N1CCC(N)(C(=O)OC)C1. The second kappa shape index (κ2) is 3.83. The fraction of sp³-hybridized carbons (Fsp3) is 0.750. The van der Waals surface area contributed by atoms with Crippen LogP contribution in [0.3, 0.4) is 0 Å². The van der Waals surface area contributed by atoms with E-state index in [9.17, 15) is 9.59 Å². The number of methoxy groups -OCH3 is 2. The van der Waals surface area contributed by atoms with Gasteiger partial charge in [-0.05, 0) is 6.42 Å². The number of nitrogens with zero attached hydrogens (tertiary/aromatic N) is 1. The van der Waals surface area contributed by atoms with Gasteiger partial charge >= 0.3 is 12.1 Å². The first-order valence-corrected chi connectivity index (χ1v) is 4.23. The van der Waals surface area contributed by atoms with Gasteiger partial charge in [0.25, 0.3) is 0 Å². The second-order valence-corrected chi connectivity index (χ2v) is 3.29. The molecule has 1 amide bonds. The predicted molar refractivity (Wildman–Crippen MR) is 47.5 cm³/mol. The summed E-state index contributed by atoms with van der Waals surface area (Å²) in [5.41, 5.74) is 4.69. The number of nitrogens with two attached hydrogens (primary N) is 1. The van der Waals surface area contributed by atoms with E-state index in [4.69, 9.17) is 5.73 Å². The highest BCUT2D eigenvalue weighted by molar-refractivity contribution is 5.82. The molecule has 1 unspecified atom stereocenters. The van der Waals surface area contributed by atoms with Crippen LogP contribution >= 0.6 is 0 Å². The number of carbonyl (C=O) groups is 2. The van der Waals surface area contributed by atoms with Crippen LogP contribution in [-0.4, -0.2) is 49.8 Å². The Balaban J connectivity index is 2.64. The Hall–Kier alpha value is -1.30. The van der Waals surface area contributed by atoms with Crippen molar-refractivity contribution in [3.8, 4) is 0 Å². The Morgan fingerprint density at radius 2 is 2.00 bits per heavy atom. The van der Waals surface area contributed by atoms with Crippen molar-refractivity contribution in [3.63, 3.8) is 0 Å². The van der Waals surface area contributed by atoms with Gasteiger partial charge in [0.2, 0.25) is 0 Å². The summed E-state index contributed by atoms with van der Waals surface area (Å²) in [5.74, 6) is -0.496. The zero-order valence-electron chi connectivity index (χ0n) is 8.28. The predicted octanol–water partition coefficient (Wildman–Crippen LogP) is -0.671. The van der Waals surface area contributed by atoms with Gasteiger partial charge < -0.3 is 20.1 Å². The quantitative estimate of drug-likeness (QED) is 0.570. The highest BCUT2D eigenvalue weighted by Crippen LogP contribution is 2.20. The van der Waals surface area contributed by atoms with Crippen molar-refractivity contribution in [2.75, 3.05) is 27.3 Å². The van der Waals surface area contributed by atoms with Crippen molar-refractivity contribution >= 4 is 12.1 Å². The number of likely N-dealkylation sites (tertiary alicyclic amines) is 1. The Morgan fingerprint density at radius 3 is 2.50 bits per heavy atom. The number of hydrogen-bond donors (Lipinski definition) is 1. The van der Waals surface area contributed by atoms with Crippen molar-refractivity contribution in [1.82, 2.24) is 4.90 Å². The summed E-state index contributed by atoms with van der Waals surface area (Å²) in [4.78, 5) is 23.8. The van der Waals surface area contributed by atoms with Crippen molar-refractivity contribution in [2.45, 2.75) is 12.0 Å². The summed E-state index contributed by atoms with van der Waals surface area (Å²) >= 11 is 0. The maximum Gasteiger partial charge on any atom is 0.409 e. The van der Waals surface area contributed by atoms with Crippen molar-refractivity contribution in [1.29, 1.82) is 0 Å². The minimum atomic E-state index is -1.08. The summed E-state index contributed by atoms with van der Waals surface area (Å²) < 4.78 is 9.08. The van der Waals surface area contributed by atoms with Crippen LogP contribution in [0.25, 0.3) is 0 Å². The smallest absolute Gasteiger partial charge is 0.409 e. The molecule has 14 heavy (non-hydrogen) atoms. The first kappa shape index (κ1) is 10.8. The average molecular weight is 202 g/mol. The number of carbonyl (C=O) groups excluding carboxylic acids is 2. The molecule has 1 saturated heterocycles. The lowest BCUT2D eigenvalue weighted by atomic mass is 10.0. The second-order valence-electron chi connectivity index (χ2n) is 3.29. The minimum Gasteiger partial charge on any atom is -0.468 e.